The third-order valence-corrected chi connectivity index (χ3v) is 4.81. The maximum absolute atomic E-state index is 13.4. The quantitative estimate of drug-likeness (QED) is 0.676. The van der Waals surface area contributed by atoms with E-state index < -0.39 is 5.82 Å². The number of urea groups is 1. The number of nitrogens with one attached hydrogen (secondary N) is 2. The van der Waals surface area contributed by atoms with Crippen molar-refractivity contribution in [3.63, 3.8) is 0 Å². The fraction of sp³-hybridized carbons (Fsp3) is 0.278. The number of amides is 2. The first-order valence-electron chi connectivity index (χ1n) is 8.96. The molecule has 1 fully saturated rings. The zero-order valence-corrected chi connectivity index (χ0v) is 16.3. The fourth-order valence-corrected chi connectivity index (χ4v) is 3.14. The molecule has 0 saturated carbocycles. The van der Waals surface area contributed by atoms with Gasteiger partial charge in [-0.25, -0.2) is 29.1 Å². The molecule has 9 nitrogen and oxygen atoms in total. The van der Waals surface area contributed by atoms with Gasteiger partial charge in [0.25, 0.3) is 0 Å². The number of hydrogen-bond acceptors (Lipinski definition) is 7. The number of carbonyl (C=O) groups excluding carboxylic acids is 1. The van der Waals surface area contributed by atoms with E-state index in [0.29, 0.717) is 35.6 Å². The zero-order valence-electron chi connectivity index (χ0n) is 15.6. The van der Waals surface area contributed by atoms with Crippen LogP contribution in [0.3, 0.4) is 0 Å². The zero-order chi connectivity index (χ0) is 20.4. The second-order valence-corrected chi connectivity index (χ2v) is 6.87. The Morgan fingerprint density at radius 3 is 2.83 bits per heavy atom. The monoisotopic (exact) mass is 416 g/mol. The number of rotatable bonds is 3. The molecule has 3 aromatic rings. The number of fused-ring (bicyclic) bond motifs is 1. The van der Waals surface area contributed by atoms with Crippen LogP contribution in [0.4, 0.5) is 26.6 Å². The van der Waals surface area contributed by atoms with Gasteiger partial charge in [0.05, 0.1) is 11.2 Å². The van der Waals surface area contributed by atoms with Gasteiger partial charge in [-0.3, -0.25) is 4.90 Å². The van der Waals surface area contributed by atoms with Crippen LogP contribution < -0.4 is 15.5 Å². The lowest BCUT2D eigenvalue weighted by Crippen LogP contribution is -2.51. The van der Waals surface area contributed by atoms with Crippen LogP contribution in [0.5, 0.6) is 0 Å². The van der Waals surface area contributed by atoms with Crippen molar-refractivity contribution in [1.82, 2.24) is 30.2 Å². The standard InChI is InChI=1S/C18H18ClFN8O/c1-27(18(29)28-6-4-21-5-7-28)17-22-9-14-15(26-17)16(24-10-23-14)25-11-2-3-13(20)12(19)8-11/h2-3,8-10,21H,4-7H2,1H3,(H,23,24,25). The molecule has 0 spiro atoms. The Morgan fingerprint density at radius 2 is 2.07 bits per heavy atom. The van der Waals surface area contributed by atoms with E-state index in [-0.39, 0.29) is 17.0 Å². The van der Waals surface area contributed by atoms with Crippen molar-refractivity contribution in [1.29, 1.82) is 0 Å². The largest absolute Gasteiger partial charge is 0.338 e. The average molecular weight is 417 g/mol. The van der Waals surface area contributed by atoms with Crippen LogP contribution in [-0.4, -0.2) is 64.1 Å². The molecule has 4 rings (SSSR count). The minimum Gasteiger partial charge on any atom is -0.338 e. The van der Waals surface area contributed by atoms with Crippen LogP contribution in [0.15, 0.2) is 30.7 Å². The lowest BCUT2D eigenvalue weighted by molar-refractivity contribution is 0.198. The summed E-state index contributed by atoms with van der Waals surface area (Å²) in [4.78, 5) is 33.0. The van der Waals surface area contributed by atoms with Crippen LogP contribution in [0.1, 0.15) is 0 Å². The van der Waals surface area contributed by atoms with Crippen LogP contribution in [0, 0.1) is 5.82 Å². The highest BCUT2D eigenvalue weighted by molar-refractivity contribution is 6.31. The molecular weight excluding hydrogens is 399 g/mol. The van der Waals surface area contributed by atoms with E-state index in [9.17, 15) is 9.18 Å². The third-order valence-electron chi connectivity index (χ3n) is 4.52. The smallest absolute Gasteiger partial charge is 0.326 e. The predicted molar refractivity (Wildman–Crippen MR) is 108 cm³/mol. The predicted octanol–water partition coefficient (Wildman–Crippen LogP) is 2.42. The first kappa shape index (κ1) is 19.2. The molecule has 1 saturated heterocycles. The number of hydrogen-bond donors (Lipinski definition) is 2. The number of anilines is 3. The minimum atomic E-state index is -0.512. The Hall–Kier alpha value is -3.11. The number of piperazine rings is 1. The number of halogens is 2. The summed E-state index contributed by atoms with van der Waals surface area (Å²) in [6.45, 7) is 2.75. The van der Waals surface area contributed by atoms with E-state index in [1.54, 1.807) is 11.9 Å². The van der Waals surface area contributed by atoms with Crippen LogP contribution in [-0.2, 0) is 0 Å². The second kappa shape index (κ2) is 8.10. The Kier molecular flexibility index (Phi) is 5.36. The van der Waals surface area contributed by atoms with Gasteiger partial charge in [0, 0.05) is 38.9 Å². The van der Waals surface area contributed by atoms with Gasteiger partial charge in [-0.15, -0.1) is 0 Å². The van der Waals surface area contributed by atoms with E-state index >= 15 is 0 Å². The highest BCUT2D eigenvalue weighted by Crippen LogP contribution is 2.25. The van der Waals surface area contributed by atoms with Crippen molar-refractivity contribution in [3.8, 4) is 0 Å². The molecule has 3 heterocycles. The van der Waals surface area contributed by atoms with Crippen LogP contribution in [0.25, 0.3) is 11.0 Å². The molecule has 1 aliphatic rings. The summed E-state index contributed by atoms with van der Waals surface area (Å²) in [6, 6.07) is 4.07. The minimum absolute atomic E-state index is 0.00923. The van der Waals surface area contributed by atoms with Gasteiger partial charge in [0.1, 0.15) is 23.2 Å². The van der Waals surface area contributed by atoms with Crippen molar-refractivity contribution < 1.29 is 9.18 Å². The Labute approximate surface area is 170 Å². The molecule has 2 aromatic heterocycles. The molecule has 0 radical (unpaired) electrons. The molecular formula is C18H18ClFN8O. The lowest BCUT2D eigenvalue weighted by Gasteiger charge is -2.30. The van der Waals surface area contributed by atoms with E-state index in [0.717, 1.165) is 13.1 Å². The Balaban J connectivity index is 1.64. The summed E-state index contributed by atoms with van der Waals surface area (Å²) in [5.74, 6) is 0.114. The van der Waals surface area contributed by atoms with Gasteiger partial charge in [0.2, 0.25) is 5.95 Å². The van der Waals surface area contributed by atoms with Gasteiger partial charge in [-0.1, -0.05) is 11.6 Å². The van der Waals surface area contributed by atoms with Gasteiger partial charge in [0.15, 0.2) is 5.82 Å². The first-order valence-corrected chi connectivity index (χ1v) is 9.34. The van der Waals surface area contributed by atoms with Crippen LogP contribution >= 0.6 is 11.6 Å². The normalized spacial score (nSPS) is 14.1. The van der Waals surface area contributed by atoms with Gasteiger partial charge >= 0.3 is 6.03 Å². The van der Waals surface area contributed by atoms with Gasteiger partial charge < -0.3 is 15.5 Å². The van der Waals surface area contributed by atoms with Crippen molar-refractivity contribution in [2.45, 2.75) is 0 Å². The molecule has 0 unspecified atom stereocenters. The van der Waals surface area contributed by atoms with Gasteiger partial charge in [-0.2, -0.15) is 0 Å². The third kappa shape index (κ3) is 4.03. The first-order chi connectivity index (χ1) is 14.0. The SMILES string of the molecule is CN(C(=O)N1CCNCC1)c1ncc2ncnc(Nc3ccc(F)c(Cl)c3)c2n1. The molecule has 2 amide bonds. The number of nitrogens with zero attached hydrogens (tertiary/aromatic N) is 6. The second-order valence-electron chi connectivity index (χ2n) is 6.46. The summed E-state index contributed by atoms with van der Waals surface area (Å²) in [5, 5.41) is 6.26. The molecule has 1 aliphatic heterocycles. The summed E-state index contributed by atoms with van der Waals surface area (Å²) >= 11 is 5.85. The summed E-state index contributed by atoms with van der Waals surface area (Å²) in [5.41, 5.74) is 1.47. The summed E-state index contributed by atoms with van der Waals surface area (Å²) < 4.78 is 13.4. The highest BCUT2D eigenvalue weighted by Gasteiger charge is 2.23. The maximum atomic E-state index is 13.4. The molecule has 0 bridgehead atoms. The number of carbonyl (C=O) groups is 1. The van der Waals surface area contributed by atoms with E-state index in [1.165, 1.54) is 35.6 Å². The highest BCUT2D eigenvalue weighted by atomic mass is 35.5. The maximum Gasteiger partial charge on any atom is 0.326 e. The van der Waals surface area contributed by atoms with E-state index in [1.807, 2.05) is 0 Å². The molecule has 0 aliphatic carbocycles. The summed E-state index contributed by atoms with van der Waals surface area (Å²) in [6.07, 6.45) is 2.90. The van der Waals surface area contributed by atoms with E-state index in [4.69, 9.17) is 11.6 Å². The van der Waals surface area contributed by atoms with E-state index in [2.05, 4.69) is 30.6 Å². The molecule has 150 valence electrons. The molecule has 11 heteroatoms. The van der Waals surface area contributed by atoms with Crippen molar-refractivity contribution in [2.24, 2.45) is 0 Å². The number of benzene rings is 1. The average Bonchev–Trinajstić information content (AvgIpc) is 2.76. The molecule has 1 aromatic carbocycles. The lowest BCUT2D eigenvalue weighted by atomic mass is 10.3. The Bertz CT molecular complexity index is 1060. The Morgan fingerprint density at radius 1 is 1.28 bits per heavy atom. The topological polar surface area (TPSA) is 99.2 Å². The number of aromatic nitrogens is 4. The summed E-state index contributed by atoms with van der Waals surface area (Å²) in [7, 11) is 1.63. The van der Waals surface area contributed by atoms with Crippen molar-refractivity contribution in [3.05, 3.63) is 41.6 Å². The molecule has 29 heavy (non-hydrogen) atoms. The van der Waals surface area contributed by atoms with Crippen molar-refractivity contribution >= 4 is 46.1 Å². The van der Waals surface area contributed by atoms with Crippen molar-refractivity contribution in [2.75, 3.05) is 43.4 Å². The molecule has 2 N–H and O–H groups in total. The molecule has 0 atom stereocenters. The van der Waals surface area contributed by atoms with Crippen LogP contribution in [0.2, 0.25) is 5.02 Å². The fourth-order valence-electron chi connectivity index (χ4n) is 2.96. The van der Waals surface area contributed by atoms with Gasteiger partial charge in [-0.05, 0) is 18.2 Å².